The summed E-state index contributed by atoms with van der Waals surface area (Å²) in [6.07, 6.45) is 4.58. The minimum absolute atomic E-state index is 0.199. The number of nitrogens with zero attached hydrogens (tertiary/aromatic N) is 2. The monoisotopic (exact) mass is 284 g/mol. The highest BCUT2D eigenvalue weighted by Crippen LogP contribution is 2.38. The first kappa shape index (κ1) is 14.7. The van der Waals surface area contributed by atoms with Gasteiger partial charge in [-0.05, 0) is 33.4 Å². The molecule has 0 aromatic rings. The van der Waals surface area contributed by atoms with Gasteiger partial charge in [-0.3, -0.25) is 4.90 Å². The Hall–Kier alpha value is -0.200. The molecular weight excluding hydrogens is 256 g/mol. The number of hydrogen-bond acceptors (Lipinski definition) is 5. The summed E-state index contributed by atoms with van der Waals surface area (Å²) < 4.78 is 11.7. The zero-order valence-corrected chi connectivity index (χ0v) is 12.8. The number of hydrogen-bond donors (Lipinski definition) is 1. The zero-order valence-electron chi connectivity index (χ0n) is 12.8. The van der Waals surface area contributed by atoms with E-state index in [1.54, 1.807) is 0 Å². The van der Waals surface area contributed by atoms with Crippen LogP contribution in [0.4, 0.5) is 0 Å². The number of likely N-dealkylation sites (tertiary alicyclic amines) is 1. The van der Waals surface area contributed by atoms with Crippen LogP contribution in [0.5, 0.6) is 0 Å². The van der Waals surface area contributed by atoms with Gasteiger partial charge in [0, 0.05) is 38.0 Å². The second kappa shape index (κ2) is 5.89. The number of aliphatic hydroxyl groups is 1. The van der Waals surface area contributed by atoms with Crippen LogP contribution in [0, 0.1) is 0 Å². The first-order valence-electron chi connectivity index (χ1n) is 7.96. The maximum Gasteiger partial charge on any atom is 0.170 e. The van der Waals surface area contributed by atoms with Crippen molar-refractivity contribution in [3.63, 3.8) is 0 Å². The second-order valence-corrected chi connectivity index (χ2v) is 6.72. The fourth-order valence-corrected chi connectivity index (χ4v) is 3.98. The molecule has 1 N–H and O–H groups in total. The summed E-state index contributed by atoms with van der Waals surface area (Å²) >= 11 is 0. The highest BCUT2D eigenvalue weighted by atomic mass is 16.7. The van der Waals surface area contributed by atoms with E-state index in [9.17, 15) is 5.11 Å². The van der Waals surface area contributed by atoms with E-state index in [1.165, 1.54) is 12.8 Å². The average molecular weight is 284 g/mol. The van der Waals surface area contributed by atoms with Gasteiger partial charge in [0.25, 0.3) is 0 Å². The van der Waals surface area contributed by atoms with Gasteiger partial charge in [0.05, 0.1) is 19.3 Å². The molecular formula is C15H28N2O3. The Kier molecular flexibility index (Phi) is 4.34. The van der Waals surface area contributed by atoms with Crippen LogP contribution in [0.3, 0.4) is 0 Å². The van der Waals surface area contributed by atoms with Crippen LogP contribution < -0.4 is 0 Å². The lowest BCUT2D eigenvalue weighted by atomic mass is 9.85. The number of piperidine rings is 1. The molecule has 0 radical (unpaired) electrons. The predicted octanol–water partition coefficient (Wildman–Crippen LogP) is 0.669. The summed E-state index contributed by atoms with van der Waals surface area (Å²) in [6.45, 7) is 3.54. The molecule has 0 aromatic carbocycles. The zero-order chi connectivity index (χ0) is 14.2. The fourth-order valence-electron chi connectivity index (χ4n) is 3.98. The van der Waals surface area contributed by atoms with Crippen LogP contribution in [-0.2, 0) is 9.47 Å². The van der Waals surface area contributed by atoms with E-state index in [2.05, 4.69) is 23.9 Å². The van der Waals surface area contributed by atoms with Gasteiger partial charge in [0.15, 0.2) is 5.79 Å². The van der Waals surface area contributed by atoms with Crippen LogP contribution in [-0.4, -0.2) is 79.3 Å². The summed E-state index contributed by atoms with van der Waals surface area (Å²) in [6, 6.07) is 0.880. The van der Waals surface area contributed by atoms with Crippen molar-refractivity contribution in [3.05, 3.63) is 0 Å². The van der Waals surface area contributed by atoms with Crippen LogP contribution >= 0.6 is 0 Å². The molecule has 0 aromatic heterocycles. The minimum atomic E-state index is -0.401. The maximum atomic E-state index is 10.4. The number of rotatable bonds is 2. The summed E-state index contributed by atoms with van der Waals surface area (Å²) in [5.74, 6) is -0.401. The van der Waals surface area contributed by atoms with Gasteiger partial charge in [-0.15, -0.1) is 0 Å². The van der Waals surface area contributed by atoms with E-state index < -0.39 is 5.79 Å². The van der Waals surface area contributed by atoms with Gasteiger partial charge < -0.3 is 19.5 Å². The van der Waals surface area contributed by atoms with E-state index >= 15 is 0 Å². The summed E-state index contributed by atoms with van der Waals surface area (Å²) in [5.41, 5.74) is 0. The Morgan fingerprint density at radius 1 is 1.10 bits per heavy atom. The summed E-state index contributed by atoms with van der Waals surface area (Å²) in [7, 11) is 4.32. The maximum absolute atomic E-state index is 10.4. The smallest absolute Gasteiger partial charge is 0.170 e. The molecule has 2 saturated heterocycles. The largest absolute Gasteiger partial charge is 0.391 e. The van der Waals surface area contributed by atoms with Crippen molar-refractivity contribution in [2.45, 2.75) is 56.1 Å². The van der Waals surface area contributed by atoms with Crippen LogP contribution in [0.15, 0.2) is 0 Å². The molecule has 2 heterocycles. The van der Waals surface area contributed by atoms with E-state index in [4.69, 9.17) is 9.47 Å². The molecule has 1 spiro atoms. The molecule has 5 heteroatoms. The minimum Gasteiger partial charge on any atom is -0.391 e. The molecule has 0 bridgehead atoms. The van der Waals surface area contributed by atoms with Crippen molar-refractivity contribution in [3.8, 4) is 0 Å². The lowest BCUT2D eigenvalue weighted by Crippen LogP contribution is -2.56. The summed E-state index contributed by atoms with van der Waals surface area (Å²) in [4.78, 5) is 4.77. The van der Waals surface area contributed by atoms with Crippen molar-refractivity contribution in [2.75, 3.05) is 40.4 Å². The molecule has 20 heavy (non-hydrogen) atoms. The first-order valence-corrected chi connectivity index (χ1v) is 7.96. The van der Waals surface area contributed by atoms with Crippen molar-refractivity contribution >= 4 is 0 Å². The van der Waals surface area contributed by atoms with Crippen LogP contribution in [0.2, 0.25) is 0 Å². The van der Waals surface area contributed by atoms with Crippen molar-refractivity contribution in [1.29, 1.82) is 0 Å². The lowest BCUT2D eigenvalue weighted by Gasteiger charge is -2.46. The first-order chi connectivity index (χ1) is 9.60. The lowest BCUT2D eigenvalue weighted by molar-refractivity contribution is -0.206. The van der Waals surface area contributed by atoms with Gasteiger partial charge in [-0.1, -0.05) is 0 Å². The standard InChI is InChI=1S/C15H28N2O3/c1-16(2)12-4-7-17(8-5-12)13-11-15(6-3-14(13)18)19-9-10-20-15/h12-14,18H,3-11H2,1-2H3. The Morgan fingerprint density at radius 3 is 2.35 bits per heavy atom. The Bertz CT molecular complexity index is 323. The van der Waals surface area contributed by atoms with Crippen LogP contribution in [0.25, 0.3) is 0 Å². The van der Waals surface area contributed by atoms with Gasteiger partial charge in [-0.25, -0.2) is 0 Å². The average Bonchev–Trinajstić information content (AvgIpc) is 2.90. The third-order valence-electron chi connectivity index (χ3n) is 5.30. The van der Waals surface area contributed by atoms with E-state index in [0.717, 1.165) is 32.4 Å². The molecule has 3 rings (SSSR count). The van der Waals surface area contributed by atoms with Crippen LogP contribution in [0.1, 0.15) is 32.1 Å². The fraction of sp³-hybridized carbons (Fsp3) is 1.00. The molecule has 5 nitrogen and oxygen atoms in total. The van der Waals surface area contributed by atoms with Crippen molar-refractivity contribution in [1.82, 2.24) is 9.80 Å². The van der Waals surface area contributed by atoms with Gasteiger partial charge in [0.1, 0.15) is 0 Å². The molecule has 2 atom stereocenters. The topological polar surface area (TPSA) is 45.2 Å². The second-order valence-electron chi connectivity index (χ2n) is 6.72. The molecule has 0 amide bonds. The highest BCUT2D eigenvalue weighted by Gasteiger charge is 2.46. The molecule has 3 aliphatic rings. The van der Waals surface area contributed by atoms with E-state index in [-0.39, 0.29) is 12.1 Å². The van der Waals surface area contributed by atoms with E-state index in [0.29, 0.717) is 19.3 Å². The predicted molar refractivity (Wildman–Crippen MR) is 76.6 cm³/mol. The highest BCUT2D eigenvalue weighted by molar-refractivity contribution is 4.94. The molecule has 2 unspecified atom stereocenters. The molecule has 1 saturated carbocycles. The number of aliphatic hydroxyl groups excluding tert-OH is 1. The van der Waals surface area contributed by atoms with E-state index in [1.807, 2.05) is 0 Å². The third kappa shape index (κ3) is 2.88. The molecule has 1 aliphatic carbocycles. The summed E-state index contributed by atoms with van der Waals surface area (Å²) in [5, 5.41) is 10.4. The normalized spacial score (nSPS) is 36.0. The Balaban J connectivity index is 1.60. The quantitative estimate of drug-likeness (QED) is 0.807. The Morgan fingerprint density at radius 2 is 1.75 bits per heavy atom. The van der Waals surface area contributed by atoms with Crippen molar-refractivity contribution in [2.24, 2.45) is 0 Å². The number of ether oxygens (including phenoxy) is 2. The Labute approximate surface area is 121 Å². The van der Waals surface area contributed by atoms with Gasteiger partial charge >= 0.3 is 0 Å². The molecule has 2 aliphatic heterocycles. The van der Waals surface area contributed by atoms with Gasteiger partial charge in [0.2, 0.25) is 0 Å². The molecule has 116 valence electrons. The third-order valence-corrected chi connectivity index (χ3v) is 5.30. The van der Waals surface area contributed by atoms with Crippen molar-refractivity contribution < 1.29 is 14.6 Å². The van der Waals surface area contributed by atoms with Gasteiger partial charge in [-0.2, -0.15) is 0 Å². The SMILES string of the molecule is CN(C)C1CCN(C2CC3(CCC2O)OCCO3)CC1. The molecule has 3 fully saturated rings.